The van der Waals surface area contributed by atoms with Crippen LogP contribution in [0.4, 0.5) is 5.82 Å². The highest BCUT2D eigenvalue weighted by molar-refractivity contribution is 5.93. The van der Waals surface area contributed by atoms with Crippen LogP contribution in [0.15, 0.2) is 41.5 Å². The summed E-state index contributed by atoms with van der Waals surface area (Å²) in [6.45, 7) is 4.77. The molecule has 0 saturated carbocycles. The smallest absolute Gasteiger partial charge is 0.251 e. The van der Waals surface area contributed by atoms with E-state index in [1.165, 1.54) is 10.6 Å². The Balaban J connectivity index is 1.59. The maximum Gasteiger partial charge on any atom is 0.251 e. The first kappa shape index (κ1) is 17.2. The van der Waals surface area contributed by atoms with Crippen LogP contribution >= 0.6 is 0 Å². The van der Waals surface area contributed by atoms with Crippen LogP contribution in [0.3, 0.4) is 0 Å². The molecular formula is C18H22N4O3. The first-order valence-electron chi connectivity index (χ1n) is 8.29. The van der Waals surface area contributed by atoms with Gasteiger partial charge >= 0.3 is 0 Å². The molecule has 3 heterocycles. The summed E-state index contributed by atoms with van der Waals surface area (Å²) in [7, 11) is 1.65. The summed E-state index contributed by atoms with van der Waals surface area (Å²) >= 11 is 0. The van der Waals surface area contributed by atoms with E-state index in [0.717, 1.165) is 24.5 Å². The second-order valence-electron chi connectivity index (χ2n) is 6.20. The number of morpholine rings is 1. The topological polar surface area (TPSA) is 76.5 Å². The van der Waals surface area contributed by atoms with Crippen molar-refractivity contribution in [1.29, 1.82) is 0 Å². The van der Waals surface area contributed by atoms with Gasteiger partial charge in [0.15, 0.2) is 0 Å². The first-order valence-corrected chi connectivity index (χ1v) is 8.29. The van der Waals surface area contributed by atoms with Crippen molar-refractivity contribution in [3.8, 4) is 0 Å². The largest absolute Gasteiger partial charge is 0.375 e. The molecule has 1 aliphatic heterocycles. The number of hydrogen-bond acceptors (Lipinski definition) is 5. The van der Waals surface area contributed by atoms with Crippen LogP contribution in [0, 0.1) is 0 Å². The minimum atomic E-state index is -0.274. The maximum atomic E-state index is 12.1. The molecule has 3 rings (SSSR count). The molecule has 1 atom stereocenters. The lowest BCUT2D eigenvalue weighted by Crippen LogP contribution is -2.41. The van der Waals surface area contributed by atoms with Crippen LogP contribution in [0.1, 0.15) is 22.8 Å². The van der Waals surface area contributed by atoms with Crippen molar-refractivity contribution in [2.45, 2.75) is 19.6 Å². The SMILES string of the molecule is C[C@@H]1CN(c2ccc(CNC(=O)c3ccn(C)c(=O)c3)cn2)CCO1. The van der Waals surface area contributed by atoms with Crippen molar-refractivity contribution in [2.24, 2.45) is 7.05 Å². The molecule has 2 aromatic rings. The van der Waals surface area contributed by atoms with Crippen LogP contribution in [-0.2, 0) is 18.3 Å². The molecular weight excluding hydrogens is 320 g/mol. The lowest BCUT2D eigenvalue weighted by atomic mass is 10.2. The molecule has 2 aromatic heterocycles. The summed E-state index contributed by atoms with van der Waals surface area (Å²) in [4.78, 5) is 30.4. The van der Waals surface area contributed by atoms with E-state index in [1.807, 2.05) is 19.1 Å². The lowest BCUT2D eigenvalue weighted by molar-refractivity contribution is 0.0529. The molecule has 1 aliphatic rings. The Hall–Kier alpha value is -2.67. The first-order chi connectivity index (χ1) is 12.0. The number of nitrogens with one attached hydrogen (secondary N) is 1. The van der Waals surface area contributed by atoms with E-state index < -0.39 is 0 Å². The number of hydrogen-bond donors (Lipinski definition) is 1. The predicted molar refractivity (Wildman–Crippen MR) is 94.7 cm³/mol. The second kappa shape index (κ2) is 7.48. The third kappa shape index (κ3) is 4.24. The molecule has 1 fully saturated rings. The molecule has 0 bridgehead atoms. The molecule has 0 radical (unpaired) electrons. The zero-order valence-corrected chi connectivity index (χ0v) is 14.4. The third-order valence-corrected chi connectivity index (χ3v) is 4.19. The summed E-state index contributed by atoms with van der Waals surface area (Å²) in [5.41, 5.74) is 1.05. The van der Waals surface area contributed by atoms with Crippen molar-refractivity contribution >= 4 is 11.7 Å². The Bertz CT molecular complexity index is 801. The Morgan fingerprint density at radius 1 is 1.40 bits per heavy atom. The number of carbonyl (C=O) groups excluding carboxylic acids is 1. The third-order valence-electron chi connectivity index (χ3n) is 4.19. The highest BCUT2D eigenvalue weighted by atomic mass is 16.5. The number of nitrogens with zero attached hydrogens (tertiary/aromatic N) is 3. The van der Waals surface area contributed by atoms with Gasteiger partial charge in [-0.15, -0.1) is 0 Å². The Morgan fingerprint density at radius 3 is 2.92 bits per heavy atom. The predicted octanol–water partition coefficient (Wildman–Crippen LogP) is 0.935. The average molecular weight is 342 g/mol. The minimum absolute atomic E-state index is 0.202. The Morgan fingerprint density at radius 2 is 2.24 bits per heavy atom. The van der Waals surface area contributed by atoms with Gasteiger partial charge in [0.25, 0.3) is 11.5 Å². The van der Waals surface area contributed by atoms with E-state index in [9.17, 15) is 9.59 Å². The molecule has 7 nitrogen and oxygen atoms in total. The average Bonchev–Trinajstić information content (AvgIpc) is 2.62. The summed E-state index contributed by atoms with van der Waals surface area (Å²) in [6.07, 6.45) is 3.55. The second-order valence-corrected chi connectivity index (χ2v) is 6.20. The number of aryl methyl sites for hydroxylation is 1. The summed E-state index contributed by atoms with van der Waals surface area (Å²) < 4.78 is 6.96. The summed E-state index contributed by atoms with van der Waals surface area (Å²) in [5, 5.41) is 2.81. The van der Waals surface area contributed by atoms with Gasteiger partial charge in [0.1, 0.15) is 5.82 Å². The maximum absolute atomic E-state index is 12.1. The fraction of sp³-hybridized carbons (Fsp3) is 0.389. The Kier molecular flexibility index (Phi) is 5.14. The number of aromatic nitrogens is 2. The van der Waals surface area contributed by atoms with Gasteiger partial charge in [0.05, 0.1) is 12.7 Å². The van der Waals surface area contributed by atoms with E-state index in [0.29, 0.717) is 18.7 Å². The van der Waals surface area contributed by atoms with Gasteiger partial charge in [-0.2, -0.15) is 0 Å². The van der Waals surface area contributed by atoms with Crippen molar-refractivity contribution in [2.75, 3.05) is 24.6 Å². The zero-order valence-electron chi connectivity index (χ0n) is 14.4. The fourth-order valence-electron chi connectivity index (χ4n) is 2.71. The fourth-order valence-corrected chi connectivity index (χ4v) is 2.71. The zero-order chi connectivity index (χ0) is 17.8. The van der Waals surface area contributed by atoms with Gasteiger partial charge in [-0.25, -0.2) is 4.98 Å². The van der Waals surface area contributed by atoms with Crippen molar-refractivity contribution in [1.82, 2.24) is 14.9 Å². The van der Waals surface area contributed by atoms with E-state index in [4.69, 9.17) is 4.74 Å². The number of pyridine rings is 2. The number of amides is 1. The van der Waals surface area contributed by atoms with Gasteiger partial charge in [0.2, 0.25) is 0 Å². The monoisotopic (exact) mass is 342 g/mol. The molecule has 1 amide bonds. The van der Waals surface area contributed by atoms with E-state index in [-0.39, 0.29) is 17.6 Å². The summed E-state index contributed by atoms with van der Waals surface area (Å²) in [6, 6.07) is 6.86. The van der Waals surface area contributed by atoms with Crippen LogP contribution in [0.5, 0.6) is 0 Å². The van der Waals surface area contributed by atoms with Gasteiger partial charge in [-0.1, -0.05) is 6.07 Å². The molecule has 1 N–H and O–H groups in total. The van der Waals surface area contributed by atoms with Crippen molar-refractivity contribution in [3.63, 3.8) is 0 Å². The lowest BCUT2D eigenvalue weighted by Gasteiger charge is -2.32. The van der Waals surface area contributed by atoms with Crippen LogP contribution in [0.25, 0.3) is 0 Å². The van der Waals surface area contributed by atoms with Crippen molar-refractivity contribution in [3.05, 3.63) is 58.1 Å². The van der Waals surface area contributed by atoms with Crippen LogP contribution in [0.2, 0.25) is 0 Å². The quantitative estimate of drug-likeness (QED) is 0.895. The summed E-state index contributed by atoms with van der Waals surface area (Å²) in [5.74, 6) is 0.639. The normalized spacial score (nSPS) is 17.4. The molecule has 0 aliphatic carbocycles. The molecule has 25 heavy (non-hydrogen) atoms. The highest BCUT2D eigenvalue weighted by Gasteiger charge is 2.17. The highest BCUT2D eigenvalue weighted by Crippen LogP contribution is 2.15. The van der Waals surface area contributed by atoms with Gasteiger partial charge < -0.3 is 19.5 Å². The number of rotatable bonds is 4. The number of ether oxygens (including phenoxy) is 1. The van der Waals surface area contributed by atoms with E-state index in [1.54, 1.807) is 25.5 Å². The number of anilines is 1. The van der Waals surface area contributed by atoms with E-state index in [2.05, 4.69) is 15.2 Å². The molecule has 1 saturated heterocycles. The molecule has 0 aromatic carbocycles. The molecule has 0 unspecified atom stereocenters. The standard InChI is InChI=1S/C18H22N4O3/c1-13-12-22(7-8-25-13)16-4-3-14(10-19-16)11-20-18(24)15-5-6-21(2)17(23)9-15/h3-6,9-10,13H,7-8,11-12H2,1-2H3,(H,20,24)/t13-/m1/s1. The van der Waals surface area contributed by atoms with Crippen LogP contribution in [-0.4, -0.2) is 41.3 Å². The minimum Gasteiger partial charge on any atom is -0.375 e. The van der Waals surface area contributed by atoms with Crippen LogP contribution < -0.4 is 15.8 Å². The van der Waals surface area contributed by atoms with Crippen molar-refractivity contribution < 1.29 is 9.53 Å². The Labute approximate surface area is 146 Å². The molecule has 7 heteroatoms. The number of carbonyl (C=O) groups is 1. The molecule has 132 valence electrons. The van der Waals surface area contributed by atoms with Gasteiger partial charge in [0, 0.05) is 50.7 Å². The van der Waals surface area contributed by atoms with Gasteiger partial charge in [-0.3, -0.25) is 9.59 Å². The molecule has 0 spiro atoms. The van der Waals surface area contributed by atoms with Gasteiger partial charge in [-0.05, 0) is 24.6 Å². The van der Waals surface area contributed by atoms with E-state index >= 15 is 0 Å².